The predicted octanol–water partition coefficient (Wildman–Crippen LogP) is 2.67. The van der Waals surface area contributed by atoms with E-state index in [2.05, 4.69) is 0 Å². The molecule has 0 bridgehead atoms. The largest absolute Gasteiger partial charge is 0.481 e. The SMILES string of the molecule is CCCN(C)C(=O)CC1(C(=O)O)CCCCCC1. The maximum absolute atomic E-state index is 12.1. The smallest absolute Gasteiger partial charge is 0.310 e. The number of hydrogen-bond acceptors (Lipinski definition) is 2. The van der Waals surface area contributed by atoms with Gasteiger partial charge in [0.05, 0.1) is 5.41 Å². The first-order valence-corrected chi connectivity index (χ1v) is 6.99. The van der Waals surface area contributed by atoms with E-state index in [1.165, 1.54) is 0 Å². The average molecular weight is 255 g/mol. The molecule has 1 aliphatic rings. The highest BCUT2D eigenvalue weighted by atomic mass is 16.4. The molecule has 0 atom stereocenters. The van der Waals surface area contributed by atoms with E-state index in [1.807, 2.05) is 6.92 Å². The van der Waals surface area contributed by atoms with Crippen LogP contribution in [0.2, 0.25) is 0 Å². The summed E-state index contributed by atoms with van der Waals surface area (Å²) in [5.41, 5.74) is -0.810. The van der Waals surface area contributed by atoms with Crippen molar-refractivity contribution in [1.82, 2.24) is 4.90 Å². The molecule has 0 aromatic carbocycles. The van der Waals surface area contributed by atoms with Crippen LogP contribution in [0.15, 0.2) is 0 Å². The molecular weight excluding hydrogens is 230 g/mol. The molecule has 0 aliphatic heterocycles. The van der Waals surface area contributed by atoms with E-state index in [1.54, 1.807) is 11.9 Å². The number of nitrogens with zero attached hydrogens (tertiary/aromatic N) is 1. The van der Waals surface area contributed by atoms with Crippen molar-refractivity contribution in [2.45, 2.75) is 58.3 Å². The van der Waals surface area contributed by atoms with E-state index in [4.69, 9.17) is 0 Å². The fourth-order valence-corrected chi connectivity index (χ4v) is 2.76. The van der Waals surface area contributed by atoms with Gasteiger partial charge < -0.3 is 10.0 Å². The number of amides is 1. The molecule has 0 radical (unpaired) electrons. The van der Waals surface area contributed by atoms with Crippen molar-refractivity contribution in [3.05, 3.63) is 0 Å². The molecule has 1 amide bonds. The second-order valence-corrected chi connectivity index (χ2v) is 5.49. The number of aliphatic carboxylic acids is 1. The quantitative estimate of drug-likeness (QED) is 0.768. The van der Waals surface area contributed by atoms with Gasteiger partial charge in [0.25, 0.3) is 0 Å². The molecule has 1 fully saturated rings. The molecule has 1 rings (SSSR count). The van der Waals surface area contributed by atoms with Gasteiger partial charge in [-0.1, -0.05) is 32.6 Å². The Morgan fingerprint density at radius 2 is 1.72 bits per heavy atom. The Morgan fingerprint density at radius 1 is 1.17 bits per heavy atom. The number of rotatable bonds is 5. The topological polar surface area (TPSA) is 57.6 Å². The summed E-state index contributed by atoms with van der Waals surface area (Å²) in [6.45, 7) is 2.72. The van der Waals surface area contributed by atoms with Crippen LogP contribution in [0.25, 0.3) is 0 Å². The minimum atomic E-state index is -0.810. The third-order valence-corrected chi connectivity index (χ3v) is 3.99. The summed E-state index contributed by atoms with van der Waals surface area (Å²) in [6, 6.07) is 0. The Bertz CT molecular complexity index is 293. The second kappa shape index (κ2) is 6.76. The minimum Gasteiger partial charge on any atom is -0.481 e. The maximum atomic E-state index is 12.1. The number of carboxylic acids is 1. The van der Waals surface area contributed by atoms with Gasteiger partial charge in [-0.2, -0.15) is 0 Å². The van der Waals surface area contributed by atoms with Crippen LogP contribution >= 0.6 is 0 Å². The third kappa shape index (κ3) is 3.72. The van der Waals surface area contributed by atoms with Crippen molar-refractivity contribution in [1.29, 1.82) is 0 Å². The Balaban J connectivity index is 2.72. The first-order chi connectivity index (χ1) is 8.52. The lowest BCUT2D eigenvalue weighted by Gasteiger charge is -2.29. The summed E-state index contributed by atoms with van der Waals surface area (Å²) in [7, 11) is 1.76. The molecule has 0 unspecified atom stereocenters. The van der Waals surface area contributed by atoms with E-state index in [0.717, 1.165) is 32.1 Å². The first-order valence-electron chi connectivity index (χ1n) is 6.99. The van der Waals surface area contributed by atoms with Crippen molar-refractivity contribution < 1.29 is 14.7 Å². The van der Waals surface area contributed by atoms with E-state index in [0.29, 0.717) is 19.4 Å². The predicted molar refractivity (Wildman–Crippen MR) is 70.3 cm³/mol. The fourth-order valence-electron chi connectivity index (χ4n) is 2.76. The normalized spacial score (nSPS) is 19.0. The monoisotopic (exact) mass is 255 g/mol. The summed E-state index contributed by atoms with van der Waals surface area (Å²) >= 11 is 0. The molecule has 1 saturated carbocycles. The highest BCUT2D eigenvalue weighted by Gasteiger charge is 2.41. The Morgan fingerprint density at radius 3 is 2.17 bits per heavy atom. The van der Waals surface area contributed by atoms with Crippen LogP contribution < -0.4 is 0 Å². The molecule has 0 aromatic heterocycles. The zero-order valence-corrected chi connectivity index (χ0v) is 11.6. The van der Waals surface area contributed by atoms with Gasteiger partial charge >= 0.3 is 5.97 Å². The van der Waals surface area contributed by atoms with Crippen molar-refractivity contribution in [2.24, 2.45) is 5.41 Å². The van der Waals surface area contributed by atoms with Gasteiger partial charge in [-0.3, -0.25) is 9.59 Å². The zero-order valence-electron chi connectivity index (χ0n) is 11.6. The molecule has 0 heterocycles. The number of carbonyl (C=O) groups excluding carboxylic acids is 1. The molecule has 1 aliphatic carbocycles. The van der Waals surface area contributed by atoms with Crippen LogP contribution in [-0.2, 0) is 9.59 Å². The summed E-state index contributed by atoms with van der Waals surface area (Å²) in [5.74, 6) is -0.816. The third-order valence-electron chi connectivity index (χ3n) is 3.99. The van der Waals surface area contributed by atoms with Crippen molar-refractivity contribution in [3.8, 4) is 0 Å². The standard InChI is InChI=1S/C14H25NO3/c1-3-10-15(2)12(16)11-14(13(17)18)8-6-4-5-7-9-14/h3-11H2,1-2H3,(H,17,18). The highest BCUT2D eigenvalue weighted by molar-refractivity contribution is 5.84. The van der Waals surface area contributed by atoms with Crippen molar-refractivity contribution in [3.63, 3.8) is 0 Å². The lowest BCUT2D eigenvalue weighted by molar-refractivity contribution is -0.154. The molecule has 18 heavy (non-hydrogen) atoms. The van der Waals surface area contributed by atoms with E-state index < -0.39 is 11.4 Å². The van der Waals surface area contributed by atoms with Gasteiger partial charge in [0, 0.05) is 20.0 Å². The van der Waals surface area contributed by atoms with Gasteiger partial charge in [-0.15, -0.1) is 0 Å². The summed E-state index contributed by atoms with van der Waals surface area (Å²) in [6.07, 6.45) is 6.40. The molecule has 0 spiro atoms. The van der Waals surface area contributed by atoms with Gasteiger partial charge in [0.2, 0.25) is 5.91 Å². The maximum Gasteiger partial charge on any atom is 0.310 e. The molecule has 4 heteroatoms. The van der Waals surface area contributed by atoms with Crippen LogP contribution in [0.4, 0.5) is 0 Å². The van der Waals surface area contributed by atoms with Gasteiger partial charge in [0.15, 0.2) is 0 Å². The first kappa shape index (κ1) is 15.0. The van der Waals surface area contributed by atoms with E-state index >= 15 is 0 Å². The number of carbonyl (C=O) groups is 2. The number of hydrogen-bond donors (Lipinski definition) is 1. The number of carboxylic acid groups (broad SMARTS) is 1. The van der Waals surface area contributed by atoms with Gasteiger partial charge in [-0.05, 0) is 19.3 Å². The fraction of sp³-hybridized carbons (Fsp3) is 0.857. The van der Waals surface area contributed by atoms with Crippen molar-refractivity contribution in [2.75, 3.05) is 13.6 Å². The molecular formula is C14H25NO3. The summed E-state index contributed by atoms with van der Waals surface area (Å²) in [4.78, 5) is 25.3. The minimum absolute atomic E-state index is 0.0267. The van der Waals surface area contributed by atoms with Crippen LogP contribution in [0, 0.1) is 5.41 Å². The molecule has 1 N–H and O–H groups in total. The van der Waals surface area contributed by atoms with Gasteiger partial charge in [-0.25, -0.2) is 0 Å². The molecule has 0 aromatic rings. The van der Waals surface area contributed by atoms with Crippen molar-refractivity contribution >= 4 is 11.9 Å². The van der Waals surface area contributed by atoms with Crippen LogP contribution in [-0.4, -0.2) is 35.5 Å². The lowest BCUT2D eigenvalue weighted by Crippen LogP contribution is -2.38. The Kier molecular flexibility index (Phi) is 5.63. The Hall–Kier alpha value is -1.06. The van der Waals surface area contributed by atoms with E-state index in [-0.39, 0.29) is 12.3 Å². The second-order valence-electron chi connectivity index (χ2n) is 5.49. The highest BCUT2D eigenvalue weighted by Crippen LogP contribution is 2.38. The molecule has 0 saturated heterocycles. The summed E-state index contributed by atoms with van der Waals surface area (Å²) < 4.78 is 0. The molecule has 104 valence electrons. The lowest BCUT2D eigenvalue weighted by atomic mass is 9.77. The Labute approximate surface area is 109 Å². The summed E-state index contributed by atoms with van der Waals surface area (Å²) in [5, 5.41) is 9.50. The zero-order chi connectivity index (χ0) is 13.6. The molecule has 4 nitrogen and oxygen atoms in total. The van der Waals surface area contributed by atoms with E-state index in [9.17, 15) is 14.7 Å². The average Bonchev–Trinajstić information content (AvgIpc) is 2.56. The van der Waals surface area contributed by atoms with Gasteiger partial charge in [0.1, 0.15) is 0 Å². The van der Waals surface area contributed by atoms with Crippen LogP contribution in [0.3, 0.4) is 0 Å². The van der Waals surface area contributed by atoms with Crippen LogP contribution in [0.5, 0.6) is 0 Å². The van der Waals surface area contributed by atoms with Crippen LogP contribution in [0.1, 0.15) is 58.3 Å².